The third-order valence-electron chi connectivity index (χ3n) is 4.69. The van der Waals surface area contributed by atoms with Gasteiger partial charge in [-0.2, -0.15) is 0 Å². The number of rotatable bonds is 5. The van der Waals surface area contributed by atoms with Gasteiger partial charge in [0.1, 0.15) is 5.82 Å². The molecule has 2 aromatic rings. The van der Waals surface area contributed by atoms with Gasteiger partial charge in [0.2, 0.25) is 11.8 Å². The van der Waals surface area contributed by atoms with E-state index in [0.29, 0.717) is 18.8 Å². The molecule has 1 aliphatic rings. The minimum Gasteiger partial charge on any atom is -0.368 e. The van der Waals surface area contributed by atoms with E-state index in [9.17, 15) is 18.8 Å². The molecular weight excluding hydrogens is 389 g/mol. The van der Waals surface area contributed by atoms with Crippen LogP contribution in [-0.2, 0) is 9.59 Å². The standard InChI is InChI=1S/C21H24FN5O3/c1-15(28)24-19-13-16(7-8-18(19)22)25-21(30)23-14-20(29)27-11-9-26(10-12-27)17-5-3-2-4-6-17/h2-8,13H,9-12,14H2,1H3,(H,24,28)(H2,23,25,30). The number of para-hydroxylation sites is 1. The minimum absolute atomic E-state index is 0.0346. The van der Waals surface area contributed by atoms with Gasteiger partial charge in [-0.05, 0) is 30.3 Å². The summed E-state index contributed by atoms with van der Waals surface area (Å²) in [5.41, 5.74) is 1.38. The van der Waals surface area contributed by atoms with Crippen LogP contribution in [0.2, 0.25) is 0 Å². The van der Waals surface area contributed by atoms with Gasteiger partial charge in [0.25, 0.3) is 0 Å². The van der Waals surface area contributed by atoms with Crippen LogP contribution in [0.25, 0.3) is 0 Å². The van der Waals surface area contributed by atoms with Crippen molar-refractivity contribution in [2.45, 2.75) is 6.92 Å². The van der Waals surface area contributed by atoms with Crippen LogP contribution in [-0.4, -0.2) is 55.5 Å². The number of carbonyl (C=O) groups excluding carboxylic acids is 3. The zero-order valence-corrected chi connectivity index (χ0v) is 16.7. The average Bonchev–Trinajstić information content (AvgIpc) is 2.75. The van der Waals surface area contributed by atoms with Gasteiger partial charge < -0.3 is 25.8 Å². The fourth-order valence-corrected chi connectivity index (χ4v) is 3.18. The quantitative estimate of drug-likeness (QED) is 0.701. The van der Waals surface area contributed by atoms with Gasteiger partial charge in [0.15, 0.2) is 0 Å². The SMILES string of the molecule is CC(=O)Nc1cc(NC(=O)NCC(=O)N2CCN(c3ccccc3)CC2)ccc1F. The lowest BCUT2D eigenvalue weighted by Gasteiger charge is -2.36. The van der Waals surface area contributed by atoms with Gasteiger partial charge in [-0.25, -0.2) is 9.18 Å². The Hall–Kier alpha value is -3.62. The highest BCUT2D eigenvalue weighted by atomic mass is 19.1. The fraction of sp³-hybridized carbons (Fsp3) is 0.286. The van der Waals surface area contributed by atoms with E-state index in [-0.39, 0.29) is 18.1 Å². The molecule has 1 aliphatic heterocycles. The second kappa shape index (κ2) is 9.73. The van der Waals surface area contributed by atoms with Crippen LogP contribution in [0.1, 0.15) is 6.92 Å². The van der Waals surface area contributed by atoms with Crippen LogP contribution < -0.4 is 20.9 Å². The topological polar surface area (TPSA) is 93.8 Å². The number of hydrogen-bond donors (Lipinski definition) is 3. The molecule has 0 unspecified atom stereocenters. The van der Waals surface area contributed by atoms with E-state index in [1.165, 1.54) is 19.1 Å². The molecule has 0 radical (unpaired) electrons. The zero-order chi connectivity index (χ0) is 21.5. The van der Waals surface area contributed by atoms with Crippen molar-refractivity contribution in [3.8, 4) is 0 Å². The molecule has 1 fully saturated rings. The summed E-state index contributed by atoms with van der Waals surface area (Å²) in [5.74, 6) is -1.20. The van der Waals surface area contributed by atoms with Crippen molar-refractivity contribution in [2.24, 2.45) is 0 Å². The van der Waals surface area contributed by atoms with Gasteiger partial charge in [-0.3, -0.25) is 9.59 Å². The van der Waals surface area contributed by atoms with E-state index < -0.39 is 17.8 Å². The van der Waals surface area contributed by atoms with Gasteiger partial charge >= 0.3 is 6.03 Å². The van der Waals surface area contributed by atoms with Gasteiger partial charge in [-0.1, -0.05) is 18.2 Å². The molecular formula is C21H24FN5O3. The minimum atomic E-state index is -0.610. The molecule has 0 spiro atoms. The second-order valence-electron chi connectivity index (χ2n) is 6.89. The number of benzene rings is 2. The van der Waals surface area contributed by atoms with Crippen LogP contribution in [0.3, 0.4) is 0 Å². The summed E-state index contributed by atoms with van der Waals surface area (Å²) in [6.07, 6.45) is 0. The van der Waals surface area contributed by atoms with E-state index >= 15 is 0 Å². The molecule has 3 N–H and O–H groups in total. The highest BCUT2D eigenvalue weighted by Gasteiger charge is 2.21. The summed E-state index contributed by atoms with van der Waals surface area (Å²) in [6, 6.07) is 13.2. The van der Waals surface area contributed by atoms with Gasteiger partial charge in [0, 0.05) is 44.5 Å². The summed E-state index contributed by atoms with van der Waals surface area (Å²) in [5, 5.41) is 7.38. The molecule has 1 saturated heterocycles. The zero-order valence-electron chi connectivity index (χ0n) is 16.7. The Kier molecular flexibility index (Phi) is 6.84. The molecule has 0 aliphatic carbocycles. The van der Waals surface area contributed by atoms with Gasteiger partial charge in [0.05, 0.1) is 12.2 Å². The van der Waals surface area contributed by atoms with Crippen molar-refractivity contribution in [1.29, 1.82) is 0 Å². The molecule has 3 rings (SSSR count). The first-order chi connectivity index (χ1) is 14.4. The molecule has 9 heteroatoms. The van der Waals surface area contributed by atoms with Crippen LogP contribution in [0.15, 0.2) is 48.5 Å². The molecule has 0 bridgehead atoms. The van der Waals surface area contributed by atoms with Crippen LogP contribution in [0, 0.1) is 5.82 Å². The monoisotopic (exact) mass is 413 g/mol. The number of carbonyl (C=O) groups is 3. The van der Waals surface area contributed by atoms with E-state index in [4.69, 9.17) is 0 Å². The Balaban J connectivity index is 1.45. The number of anilines is 3. The van der Waals surface area contributed by atoms with E-state index in [0.717, 1.165) is 24.8 Å². The summed E-state index contributed by atoms with van der Waals surface area (Å²) in [4.78, 5) is 39.5. The van der Waals surface area contributed by atoms with Crippen molar-refractivity contribution in [2.75, 3.05) is 48.3 Å². The Bertz CT molecular complexity index is 914. The molecule has 8 nitrogen and oxygen atoms in total. The number of hydrogen-bond acceptors (Lipinski definition) is 4. The first-order valence-electron chi connectivity index (χ1n) is 9.62. The third-order valence-corrected chi connectivity index (χ3v) is 4.69. The highest BCUT2D eigenvalue weighted by Crippen LogP contribution is 2.19. The van der Waals surface area contributed by atoms with Crippen molar-refractivity contribution >= 4 is 34.9 Å². The summed E-state index contributed by atoms with van der Waals surface area (Å²) < 4.78 is 13.7. The van der Waals surface area contributed by atoms with Crippen molar-refractivity contribution in [1.82, 2.24) is 10.2 Å². The maximum Gasteiger partial charge on any atom is 0.319 e. The third kappa shape index (κ3) is 5.69. The van der Waals surface area contributed by atoms with E-state index in [1.807, 2.05) is 30.3 Å². The van der Waals surface area contributed by atoms with Crippen molar-refractivity contribution in [3.05, 3.63) is 54.3 Å². The number of piperazine rings is 1. The molecule has 2 aromatic carbocycles. The van der Waals surface area contributed by atoms with Crippen LogP contribution in [0.4, 0.5) is 26.2 Å². The Morgan fingerprint density at radius 2 is 1.67 bits per heavy atom. The number of halogens is 1. The number of nitrogens with zero attached hydrogens (tertiary/aromatic N) is 2. The molecule has 0 aromatic heterocycles. The summed E-state index contributed by atoms with van der Waals surface area (Å²) in [6.45, 7) is 3.73. The normalized spacial score (nSPS) is 13.5. The second-order valence-corrected chi connectivity index (χ2v) is 6.89. The molecule has 1 heterocycles. The first-order valence-corrected chi connectivity index (χ1v) is 9.62. The lowest BCUT2D eigenvalue weighted by atomic mass is 10.2. The molecule has 0 atom stereocenters. The molecule has 4 amide bonds. The van der Waals surface area contributed by atoms with E-state index in [1.54, 1.807) is 4.90 Å². The maximum atomic E-state index is 13.7. The predicted molar refractivity (Wildman–Crippen MR) is 113 cm³/mol. The molecule has 0 saturated carbocycles. The van der Waals surface area contributed by atoms with E-state index in [2.05, 4.69) is 20.9 Å². The number of urea groups is 1. The number of amides is 4. The largest absolute Gasteiger partial charge is 0.368 e. The Morgan fingerprint density at radius 1 is 0.967 bits per heavy atom. The average molecular weight is 413 g/mol. The molecule has 30 heavy (non-hydrogen) atoms. The van der Waals surface area contributed by atoms with Gasteiger partial charge in [-0.15, -0.1) is 0 Å². The first kappa shape index (κ1) is 21.1. The molecule has 158 valence electrons. The number of nitrogens with one attached hydrogen (secondary N) is 3. The fourth-order valence-electron chi connectivity index (χ4n) is 3.18. The highest BCUT2D eigenvalue weighted by molar-refractivity contribution is 5.94. The maximum absolute atomic E-state index is 13.7. The summed E-state index contributed by atoms with van der Waals surface area (Å²) >= 11 is 0. The Morgan fingerprint density at radius 3 is 2.33 bits per heavy atom. The van der Waals surface area contributed by atoms with Crippen molar-refractivity contribution in [3.63, 3.8) is 0 Å². The Labute approximate surface area is 174 Å². The van der Waals surface area contributed by atoms with Crippen LogP contribution >= 0.6 is 0 Å². The summed E-state index contributed by atoms with van der Waals surface area (Å²) in [7, 11) is 0. The smallest absolute Gasteiger partial charge is 0.319 e. The lowest BCUT2D eigenvalue weighted by Crippen LogP contribution is -2.51. The van der Waals surface area contributed by atoms with Crippen molar-refractivity contribution < 1.29 is 18.8 Å². The lowest BCUT2D eigenvalue weighted by molar-refractivity contribution is -0.130. The predicted octanol–water partition coefficient (Wildman–Crippen LogP) is 2.25. The van der Waals surface area contributed by atoms with Crippen LogP contribution in [0.5, 0.6) is 0 Å².